The molecule has 30 heavy (non-hydrogen) atoms. The standard InChI is InChI=1S/C25H19ClN2O2/c26-22-3-1-2-20(16-22)17-30-24-11-4-19(5-12-24)6-13-25(29)21-7-9-23(10-8-21)28-15-14-27-18-28/h1-16,18H,17H2/b13-6+. The Morgan fingerprint density at radius 3 is 2.53 bits per heavy atom. The number of benzene rings is 3. The van der Waals surface area contributed by atoms with Crippen LogP contribution in [0.1, 0.15) is 21.5 Å². The molecule has 4 rings (SSSR count). The van der Waals surface area contributed by atoms with Gasteiger partial charge in [0.25, 0.3) is 0 Å². The van der Waals surface area contributed by atoms with Gasteiger partial charge in [-0.25, -0.2) is 4.98 Å². The average Bonchev–Trinajstić information content (AvgIpc) is 3.32. The molecule has 4 nitrogen and oxygen atoms in total. The number of ether oxygens (including phenoxy) is 1. The summed E-state index contributed by atoms with van der Waals surface area (Å²) < 4.78 is 7.67. The lowest BCUT2D eigenvalue weighted by Crippen LogP contribution is -1.96. The van der Waals surface area contributed by atoms with Crippen LogP contribution in [0.2, 0.25) is 5.02 Å². The van der Waals surface area contributed by atoms with E-state index < -0.39 is 0 Å². The summed E-state index contributed by atoms with van der Waals surface area (Å²) in [4.78, 5) is 16.5. The van der Waals surface area contributed by atoms with Crippen molar-refractivity contribution in [2.24, 2.45) is 0 Å². The van der Waals surface area contributed by atoms with Crippen molar-refractivity contribution in [3.63, 3.8) is 0 Å². The fraction of sp³-hybridized carbons (Fsp3) is 0.0400. The van der Waals surface area contributed by atoms with E-state index in [0.717, 1.165) is 22.6 Å². The third-order valence-electron chi connectivity index (χ3n) is 4.56. The summed E-state index contributed by atoms with van der Waals surface area (Å²) in [6.07, 6.45) is 8.68. The Morgan fingerprint density at radius 2 is 1.83 bits per heavy atom. The van der Waals surface area contributed by atoms with Crippen molar-refractivity contribution in [3.05, 3.63) is 119 Å². The number of hydrogen-bond acceptors (Lipinski definition) is 3. The molecule has 0 aliphatic heterocycles. The minimum Gasteiger partial charge on any atom is -0.489 e. The molecular formula is C25H19ClN2O2. The largest absolute Gasteiger partial charge is 0.489 e. The lowest BCUT2D eigenvalue weighted by Gasteiger charge is -2.07. The van der Waals surface area contributed by atoms with Gasteiger partial charge < -0.3 is 9.30 Å². The van der Waals surface area contributed by atoms with Crippen molar-refractivity contribution in [2.75, 3.05) is 0 Å². The first kappa shape index (κ1) is 19.7. The maximum atomic E-state index is 12.4. The summed E-state index contributed by atoms with van der Waals surface area (Å²) in [5.41, 5.74) is 3.53. The number of halogens is 1. The predicted molar refractivity (Wildman–Crippen MR) is 119 cm³/mol. The molecule has 0 saturated carbocycles. The fourth-order valence-corrected chi connectivity index (χ4v) is 3.16. The van der Waals surface area contributed by atoms with Crippen LogP contribution in [0, 0.1) is 0 Å². The van der Waals surface area contributed by atoms with Crippen LogP contribution in [-0.4, -0.2) is 15.3 Å². The van der Waals surface area contributed by atoms with E-state index >= 15 is 0 Å². The van der Waals surface area contributed by atoms with Gasteiger partial charge in [-0.05, 0) is 65.7 Å². The van der Waals surface area contributed by atoms with Crippen molar-refractivity contribution < 1.29 is 9.53 Å². The summed E-state index contributed by atoms with van der Waals surface area (Å²) >= 11 is 5.99. The van der Waals surface area contributed by atoms with E-state index in [1.54, 1.807) is 24.7 Å². The molecule has 0 bridgehead atoms. The topological polar surface area (TPSA) is 44.1 Å². The molecule has 0 amide bonds. The van der Waals surface area contributed by atoms with E-state index in [1.165, 1.54) is 0 Å². The van der Waals surface area contributed by atoms with E-state index in [1.807, 2.05) is 83.6 Å². The Hall–Kier alpha value is -3.63. The third kappa shape index (κ3) is 5.04. The van der Waals surface area contributed by atoms with E-state index in [-0.39, 0.29) is 5.78 Å². The lowest BCUT2D eigenvalue weighted by molar-refractivity contribution is 0.104. The highest BCUT2D eigenvalue weighted by atomic mass is 35.5. The van der Waals surface area contributed by atoms with Gasteiger partial charge in [-0.1, -0.05) is 41.9 Å². The van der Waals surface area contributed by atoms with Crippen molar-refractivity contribution >= 4 is 23.5 Å². The number of imidazole rings is 1. The Kier molecular flexibility index (Phi) is 6.06. The summed E-state index contributed by atoms with van der Waals surface area (Å²) in [5, 5.41) is 0.692. The Balaban J connectivity index is 1.35. The fourth-order valence-electron chi connectivity index (χ4n) is 2.95. The highest BCUT2D eigenvalue weighted by Crippen LogP contribution is 2.17. The molecule has 0 spiro atoms. The van der Waals surface area contributed by atoms with Gasteiger partial charge >= 0.3 is 0 Å². The number of aromatic nitrogens is 2. The highest BCUT2D eigenvalue weighted by Gasteiger charge is 2.03. The van der Waals surface area contributed by atoms with E-state index in [4.69, 9.17) is 16.3 Å². The number of carbonyl (C=O) groups is 1. The zero-order valence-corrected chi connectivity index (χ0v) is 16.9. The molecule has 5 heteroatoms. The van der Waals surface area contributed by atoms with Gasteiger partial charge in [0.05, 0.1) is 6.33 Å². The second kappa shape index (κ2) is 9.25. The van der Waals surface area contributed by atoms with Crippen molar-refractivity contribution in [1.29, 1.82) is 0 Å². The SMILES string of the molecule is O=C(/C=C/c1ccc(OCc2cccc(Cl)c2)cc1)c1ccc(-n2ccnc2)cc1. The first-order valence-electron chi connectivity index (χ1n) is 9.45. The van der Waals surface area contributed by atoms with Crippen LogP contribution in [0.4, 0.5) is 0 Å². The Morgan fingerprint density at radius 1 is 1.03 bits per heavy atom. The summed E-state index contributed by atoms with van der Waals surface area (Å²) in [6.45, 7) is 0.448. The molecule has 4 aromatic rings. The predicted octanol–water partition coefficient (Wildman–Crippen LogP) is 6.00. The molecule has 0 fully saturated rings. The van der Waals surface area contributed by atoms with Gasteiger partial charge in [-0.2, -0.15) is 0 Å². The number of nitrogens with zero attached hydrogens (tertiary/aromatic N) is 2. The number of allylic oxidation sites excluding steroid dienone is 1. The summed E-state index contributed by atoms with van der Waals surface area (Å²) in [5.74, 6) is 0.710. The minimum absolute atomic E-state index is 0.0477. The number of ketones is 1. The zero-order valence-electron chi connectivity index (χ0n) is 16.1. The first-order chi connectivity index (χ1) is 14.7. The highest BCUT2D eigenvalue weighted by molar-refractivity contribution is 6.30. The molecule has 0 saturated heterocycles. The van der Waals surface area contributed by atoms with Crippen LogP contribution in [0.25, 0.3) is 11.8 Å². The molecule has 148 valence electrons. The Bertz CT molecular complexity index is 1150. The second-order valence-corrected chi connectivity index (χ2v) is 7.14. The molecule has 0 N–H and O–H groups in total. The molecule has 0 aliphatic carbocycles. The van der Waals surface area contributed by atoms with Gasteiger partial charge in [0.1, 0.15) is 12.4 Å². The van der Waals surface area contributed by atoms with Gasteiger partial charge in [0.2, 0.25) is 0 Å². The number of carbonyl (C=O) groups excluding carboxylic acids is 1. The van der Waals surface area contributed by atoms with Crippen molar-refractivity contribution in [2.45, 2.75) is 6.61 Å². The van der Waals surface area contributed by atoms with Crippen LogP contribution in [-0.2, 0) is 6.61 Å². The molecule has 0 atom stereocenters. The van der Waals surface area contributed by atoms with Crippen LogP contribution >= 0.6 is 11.6 Å². The molecule has 1 aromatic heterocycles. The third-order valence-corrected chi connectivity index (χ3v) is 4.79. The van der Waals surface area contributed by atoms with Gasteiger partial charge in [-0.3, -0.25) is 4.79 Å². The maximum Gasteiger partial charge on any atom is 0.185 e. The van der Waals surface area contributed by atoms with Gasteiger partial charge in [-0.15, -0.1) is 0 Å². The summed E-state index contributed by atoms with van der Waals surface area (Å²) in [6, 6.07) is 22.6. The quantitative estimate of drug-likeness (QED) is 0.275. The maximum absolute atomic E-state index is 12.4. The van der Waals surface area contributed by atoms with Gasteiger partial charge in [0, 0.05) is 28.7 Å². The van der Waals surface area contributed by atoms with E-state index in [2.05, 4.69) is 4.98 Å². The lowest BCUT2D eigenvalue weighted by atomic mass is 10.1. The van der Waals surface area contributed by atoms with E-state index in [9.17, 15) is 4.79 Å². The van der Waals surface area contributed by atoms with Crippen LogP contribution in [0.3, 0.4) is 0 Å². The number of hydrogen-bond donors (Lipinski definition) is 0. The van der Waals surface area contributed by atoms with Crippen LogP contribution < -0.4 is 4.74 Å². The second-order valence-electron chi connectivity index (χ2n) is 6.70. The first-order valence-corrected chi connectivity index (χ1v) is 9.83. The molecule has 0 unspecified atom stereocenters. The molecule has 3 aromatic carbocycles. The Labute approximate surface area is 180 Å². The molecule has 0 aliphatic rings. The molecular weight excluding hydrogens is 396 g/mol. The monoisotopic (exact) mass is 414 g/mol. The van der Waals surface area contributed by atoms with Crippen molar-refractivity contribution in [1.82, 2.24) is 9.55 Å². The van der Waals surface area contributed by atoms with Gasteiger partial charge in [0.15, 0.2) is 5.78 Å². The summed E-state index contributed by atoms with van der Waals surface area (Å²) in [7, 11) is 0. The molecule has 1 heterocycles. The number of rotatable bonds is 7. The smallest absolute Gasteiger partial charge is 0.185 e. The average molecular weight is 415 g/mol. The molecule has 0 radical (unpaired) electrons. The van der Waals surface area contributed by atoms with Crippen molar-refractivity contribution in [3.8, 4) is 11.4 Å². The van der Waals surface area contributed by atoms with Crippen LogP contribution in [0.5, 0.6) is 5.75 Å². The normalized spacial score (nSPS) is 11.0. The minimum atomic E-state index is -0.0477. The van der Waals surface area contributed by atoms with Crippen LogP contribution in [0.15, 0.2) is 97.6 Å². The van der Waals surface area contributed by atoms with E-state index in [0.29, 0.717) is 17.2 Å². The zero-order chi connectivity index (χ0) is 20.8.